The van der Waals surface area contributed by atoms with Crippen LogP contribution in [0.15, 0.2) is 18.5 Å². The molecule has 0 fully saturated rings. The maximum Gasteiger partial charge on any atom is 0.313 e. The third-order valence-corrected chi connectivity index (χ3v) is 1.39. The minimum Gasteiger partial charge on any atom is -0.466 e. The number of ketones is 1. The molecule has 1 heterocycles. The first-order valence-electron chi connectivity index (χ1n) is 4.95. The quantitative estimate of drug-likeness (QED) is 0.572. The summed E-state index contributed by atoms with van der Waals surface area (Å²) in [5.74, 6) is 0.223. The van der Waals surface area contributed by atoms with Gasteiger partial charge in [0.1, 0.15) is 18.0 Å². The van der Waals surface area contributed by atoms with E-state index >= 15 is 0 Å². The van der Waals surface area contributed by atoms with Crippen LogP contribution in [0.25, 0.3) is 0 Å². The van der Waals surface area contributed by atoms with Crippen LogP contribution in [-0.2, 0) is 14.3 Å². The Balaban J connectivity index is 0.000000288. The second-order valence-corrected chi connectivity index (χ2v) is 2.98. The summed E-state index contributed by atoms with van der Waals surface area (Å²) >= 11 is 0. The zero-order chi connectivity index (χ0) is 12.4. The number of aromatic nitrogens is 2. The smallest absolute Gasteiger partial charge is 0.313 e. The van der Waals surface area contributed by atoms with Gasteiger partial charge in [-0.05, 0) is 26.8 Å². The van der Waals surface area contributed by atoms with Crippen molar-refractivity contribution in [2.45, 2.75) is 27.2 Å². The Morgan fingerprint density at radius 2 is 1.88 bits per heavy atom. The Morgan fingerprint density at radius 3 is 2.19 bits per heavy atom. The van der Waals surface area contributed by atoms with Gasteiger partial charge in [-0.25, -0.2) is 9.97 Å². The minimum absolute atomic E-state index is 0.103. The van der Waals surface area contributed by atoms with Gasteiger partial charge in [-0.15, -0.1) is 0 Å². The number of carbonyl (C=O) groups is 2. The lowest BCUT2D eigenvalue weighted by atomic mass is 10.3. The van der Waals surface area contributed by atoms with E-state index in [9.17, 15) is 9.59 Å². The van der Waals surface area contributed by atoms with Crippen LogP contribution in [0.4, 0.5) is 0 Å². The van der Waals surface area contributed by atoms with Gasteiger partial charge in [-0.2, -0.15) is 0 Å². The Labute approximate surface area is 94.9 Å². The summed E-state index contributed by atoms with van der Waals surface area (Å²) in [5, 5.41) is 0. The molecule has 1 aromatic heterocycles. The van der Waals surface area contributed by atoms with Crippen LogP contribution in [0.1, 0.15) is 26.1 Å². The maximum absolute atomic E-state index is 10.4. The highest BCUT2D eigenvalue weighted by atomic mass is 16.5. The first-order chi connectivity index (χ1) is 7.56. The highest BCUT2D eigenvalue weighted by Crippen LogP contribution is 1.86. The van der Waals surface area contributed by atoms with E-state index < -0.39 is 5.97 Å². The molecule has 0 atom stereocenters. The molecule has 1 aromatic rings. The summed E-state index contributed by atoms with van der Waals surface area (Å²) in [6.45, 7) is 5.26. The van der Waals surface area contributed by atoms with E-state index in [2.05, 4.69) is 14.7 Å². The normalized spacial score (nSPS) is 8.69. The van der Waals surface area contributed by atoms with Crippen molar-refractivity contribution in [3.05, 3.63) is 24.3 Å². The highest BCUT2D eigenvalue weighted by Gasteiger charge is 2.03. The first-order valence-corrected chi connectivity index (χ1v) is 4.95. The summed E-state index contributed by atoms with van der Waals surface area (Å²) in [7, 11) is 0. The van der Waals surface area contributed by atoms with Gasteiger partial charge in [0.05, 0.1) is 6.61 Å². The fourth-order valence-corrected chi connectivity index (χ4v) is 0.789. The van der Waals surface area contributed by atoms with Crippen molar-refractivity contribution in [1.82, 2.24) is 9.97 Å². The Hall–Kier alpha value is -1.78. The van der Waals surface area contributed by atoms with E-state index in [1.165, 1.54) is 6.92 Å². The van der Waals surface area contributed by atoms with Crippen LogP contribution in [0, 0.1) is 6.92 Å². The molecule has 0 radical (unpaired) electrons. The summed E-state index contributed by atoms with van der Waals surface area (Å²) in [6.07, 6.45) is 3.35. The van der Waals surface area contributed by atoms with Crippen LogP contribution in [0.3, 0.4) is 0 Å². The van der Waals surface area contributed by atoms with Crippen LogP contribution in [0.2, 0.25) is 0 Å². The van der Waals surface area contributed by atoms with Gasteiger partial charge in [0.25, 0.3) is 0 Å². The molecule has 16 heavy (non-hydrogen) atoms. The Kier molecular flexibility index (Phi) is 7.57. The van der Waals surface area contributed by atoms with Crippen molar-refractivity contribution in [2.75, 3.05) is 6.61 Å². The maximum atomic E-state index is 10.4. The lowest BCUT2D eigenvalue weighted by molar-refractivity contribution is -0.145. The summed E-state index contributed by atoms with van der Waals surface area (Å²) in [5.41, 5.74) is 0. The van der Waals surface area contributed by atoms with Gasteiger partial charge in [0, 0.05) is 12.4 Å². The lowest BCUT2D eigenvalue weighted by Crippen LogP contribution is -2.07. The first kappa shape index (κ1) is 14.2. The van der Waals surface area contributed by atoms with E-state index in [4.69, 9.17) is 0 Å². The Bertz CT molecular complexity index is 325. The van der Waals surface area contributed by atoms with Crippen LogP contribution in [-0.4, -0.2) is 28.3 Å². The zero-order valence-electron chi connectivity index (χ0n) is 9.77. The van der Waals surface area contributed by atoms with Crippen LogP contribution in [0.5, 0.6) is 0 Å². The summed E-state index contributed by atoms with van der Waals surface area (Å²) in [4.78, 5) is 28.4. The molecule has 88 valence electrons. The minimum atomic E-state index is -0.440. The van der Waals surface area contributed by atoms with E-state index in [0.717, 1.165) is 5.82 Å². The number of hydrogen-bond donors (Lipinski definition) is 0. The lowest BCUT2D eigenvalue weighted by Gasteiger charge is -1.96. The second kappa shape index (κ2) is 8.52. The molecule has 5 heteroatoms. The predicted molar refractivity (Wildman–Crippen MR) is 58.7 cm³/mol. The molecule has 0 spiro atoms. The van der Waals surface area contributed by atoms with Gasteiger partial charge in [-0.1, -0.05) is 0 Å². The number of esters is 1. The Morgan fingerprint density at radius 1 is 1.31 bits per heavy atom. The van der Waals surface area contributed by atoms with Crippen molar-refractivity contribution >= 4 is 11.8 Å². The van der Waals surface area contributed by atoms with Gasteiger partial charge in [0.15, 0.2) is 0 Å². The van der Waals surface area contributed by atoms with E-state index in [1.54, 1.807) is 25.4 Å². The van der Waals surface area contributed by atoms with Crippen molar-refractivity contribution < 1.29 is 14.3 Å². The molecule has 0 aliphatic rings. The number of ether oxygens (including phenoxy) is 1. The van der Waals surface area contributed by atoms with Gasteiger partial charge < -0.3 is 4.74 Å². The molecule has 0 saturated carbocycles. The van der Waals surface area contributed by atoms with Gasteiger partial charge in [0.2, 0.25) is 0 Å². The number of carbonyl (C=O) groups excluding carboxylic acids is 2. The molecular weight excluding hydrogens is 208 g/mol. The summed E-state index contributed by atoms with van der Waals surface area (Å²) in [6, 6.07) is 1.80. The van der Waals surface area contributed by atoms with Gasteiger partial charge >= 0.3 is 5.97 Å². The zero-order valence-corrected chi connectivity index (χ0v) is 9.77. The number of nitrogens with zero attached hydrogens (tertiary/aromatic N) is 2. The van der Waals surface area contributed by atoms with Gasteiger partial charge in [-0.3, -0.25) is 9.59 Å². The molecule has 0 amide bonds. The fraction of sp³-hybridized carbons (Fsp3) is 0.455. The summed E-state index contributed by atoms with van der Waals surface area (Å²) < 4.78 is 4.49. The SMILES string of the molecule is CCOC(=O)CC(C)=O.Cc1ncccn1. The molecule has 1 rings (SSSR count). The second-order valence-electron chi connectivity index (χ2n) is 2.98. The standard InChI is InChI=1S/C6H10O3.C5H6N2/c1-3-9-6(8)4-5(2)7;1-5-6-3-2-4-7-5/h3-4H2,1-2H3;2-4H,1H3. The van der Waals surface area contributed by atoms with Crippen molar-refractivity contribution in [2.24, 2.45) is 0 Å². The molecule has 0 aliphatic carbocycles. The van der Waals surface area contributed by atoms with E-state index in [1.807, 2.05) is 6.92 Å². The van der Waals surface area contributed by atoms with Crippen molar-refractivity contribution in [3.63, 3.8) is 0 Å². The monoisotopic (exact) mass is 224 g/mol. The topological polar surface area (TPSA) is 69.2 Å². The van der Waals surface area contributed by atoms with E-state index in [0.29, 0.717) is 6.61 Å². The molecule has 0 unspecified atom stereocenters. The average molecular weight is 224 g/mol. The molecule has 0 N–H and O–H groups in total. The molecule has 5 nitrogen and oxygen atoms in total. The van der Waals surface area contributed by atoms with Crippen molar-refractivity contribution in [3.8, 4) is 0 Å². The van der Waals surface area contributed by atoms with Crippen LogP contribution < -0.4 is 0 Å². The van der Waals surface area contributed by atoms with E-state index in [-0.39, 0.29) is 12.2 Å². The number of Topliss-reactive ketones (excluding diaryl/α,β-unsaturated/α-hetero) is 1. The number of rotatable bonds is 3. The highest BCUT2D eigenvalue weighted by molar-refractivity contribution is 5.94. The third-order valence-electron chi connectivity index (χ3n) is 1.39. The molecule has 0 aliphatic heterocycles. The fourth-order valence-electron chi connectivity index (χ4n) is 0.789. The van der Waals surface area contributed by atoms with Crippen molar-refractivity contribution in [1.29, 1.82) is 0 Å². The molecule has 0 saturated heterocycles. The van der Waals surface area contributed by atoms with Crippen LogP contribution >= 0.6 is 0 Å². The number of hydrogen-bond acceptors (Lipinski definition) is 5. The predicted octanol–water partition coefficient (Wildman–Crippen LogP) is 1.31. The molecule has 0 bridgehead atoms. The molecule has 0 aromatic carbocycles. The third kappa shape index (κ3) is 8.80. The largest absolute Gasteiger partial charge is 0.466 e. The average Bonchev–Trinajstić information content (AvgIpc) is 2.18. The molecular formula is C11H16N2O3. The number of aryl methyl sites for hydroxylation is 1.